The fourth-order valence-corrected chi connectivity index (χ4v) is 3.47. The molecule has 29 heavy (non-hydrogen) atoms. The van der Waals surface area contributed by atoms with Crippen molar-refractivity contribution in [1.82, 2.24) is 4.90 Å². The van der Waals surface area contributed by atoms with Gasteiger partial charge in [-0.1, -0.05) is 30.3 Å². The summed E-state index contributed by atoms with van der Waals surface area (Å²) in [4.78, 5) is 29.6. The zero-order chi connectivity index (χ0) is 20.6. The SMILES string of the molecule is [C-]#[N+]COc1cccc(CC2CN(C(=O)Oc3ccccc3)C[C@@H]2C(=O)OC)c1. The molecule has 0 aliphatic carbocycles. The third-order valence-electron chi connectivity index (χ3n) is 4.84. The summed E-state index contributed by atoms with van der Waals surface area (Å²) in [5.41, 5.74) is 0.963. The Balaban J connectivity index is 1.70. The maximum absolute atomic E-state index is 12.5. The van der Waals surface area contributed by atoms with Gasteiger partial charge in [0.15, 0.2) is 0 Å². The normalized spacial score (nSPS) is 18.0. The number of hydrogen-bond acceptors (Lipinski definition) is 5. The fourth-order valence-electron chi connectivity index (χ4n) is 3.47. The van der Waals surface area contributed by atoms with Crippen LogP contribution in [-0.2, 0) is 16.0 Å². The Bertz CT molecular complexity index is 894. The molecule has 0 aromatic heterocycles. The first-order valence-corrected chi connectivity index (χ1v) is 9.25. The molecule has 1 aliphatic heterocycles. The van der Waals surface area contributed by atoms with Crippen LogP contribution in [0.25, 0.3) is 4.85 Å². The van der Waals surface area contributed by atoms with Crippen LogP contribution in [0.1, 0.15) is 5.56 Å². The summed E-state index contributed by atoms with van der Waals surface area (Å²) in [5.74, 6) is 0.176. The van der Waals surface area contributed by atoms with Crippen molar-refractivity contribution in [1.29, 1.82) is 0 Å². The zero-order valence-corrected chi connectivity index (χ0v) is 16.1. The third-order valence-corrected chi connectivity index (χ3v) is 4.84. The molecule has 2 aromatic rings. The maximum Gasteiger partial charge on any atom is 0.415 e. The molecule has 1 saturated heterocycles. The van der Waals surface area contributed by atoms with Crippen LogP contribution in [-0.4, -0.2) is 43.9 Å². The molecule has 2 aromatic carbocycles. The number of amides is 1. The van der Waals surface area contributed by atoms with Gasteiger partial charge < -0.3 is 19.1 Å². The molecule has 1 unspecified atom stereocenters. The molecule has 1 amide bonds. The lowest BCUT2D eigenvalue weighted by atomic mass is 9.89. The van der Waals surface area contributed by atoms with Gasteiger partial charge in [-0.15, -0.1) is 0 Å². The number of methoxy groups -OCH3 is 1. The molecule has 0 saturated carbocycles. The summed E-state index contributed by atoms with van der Waals surface area (Å²) >= 11 is 0. The highest BCUT2D eigenvalue weighted by Gasteiger charge is 2.41. The summed E-state index contributed by atoms with van der Waals surface area (Å²) in [6.07, 6.45) is 0.0890. The van der Waals surface area contributed by atoms with E-state index in [0.29, 0.717) is 24.5 Å². The molecule has 7 nitrogen and oxygen atoms in total. The number of benzene rings is 2. The van der Waals surface area contributed by atoms with E-state index in [1.807, 2.05) is 24.3 Å². The summed E-state index contributed by atoms with van der Waals surface area (Å²) in [6.45, 7) is 7.41. The first-order chi connectivity index (χ1) is 14.1. The molecule has 7 heteroatoms. The van der Waals surface area contributed by atoms with Crippen molar-refractivity contribution >= 4 is 12.1 Å². The van der Waals surface area contributed by atoms with Crippen molar-refractivity contribution in [2.45, 2.75) is 6.42 Å². The van der Waals surface area contributed by atoms with Crippen LogP contribution >= 0.6 is 0 Å². The van der Waals surface area contributed by atoms with Gasteiger partial charge in [0.25, 0.3) is 0 Å². The maximum atomic E-state index is 12.5. The molecule has 0 N–H and O–H groups in total. The van der Waals surface area contributed by atoms with Gasteiger partial charge in [-0.05, 0) is 42.2 Å². The van der Waals surface area contributed by atoms with Gasteiger partial charge in [-0.25, -0.2) is 11.4 Å². The van der Waals surface area contributed by atoms with Gasteiger partial charge in [0.05, 0.1) is 13.0 Å². The van der Waals surface area contributed by atoms with Crippen LogP contribution in [0.5, 0.6) is 11.5 Å². The van der Waals surface area contributed by atoms with E-state index in [2.05, 4.69) is 4.85 Å². The minimum atomic E-state index is -0.484. The molecule has 1 heterocycles. The average Bonchev–Trinajstić information content (AvgIpc) is 3.16. The Morgan fingerprint density at radius 3 is 2.59 bits per heavy atom. The quantitative estimate of drug-likeness (QED) is 0.555. The monoisotopic (exact) mass is 394 g/mol. The van der Waals surface area contributed by atoms with Gasteiger partial charge in [-0.3, -0.25) is 9.64 Å². The van der Waals surface area contributed by atoms with Crippen LogP contribution in [0.15, 0.2) is 54.6 Å². The molecule has 150 valence electrons. The minimum absolute atomic E-state index is 0.0449. The largest absolute Gasteiger partial charge is 0.469 e. The van der Waals surface area contributed by atoms with Crippen LogP contribution in [0.2, 0.25) is 0 Å². The van der Waals surface area contributed by atoms with E-state index >= 15 is 0 Å². The molecule has 0 radical (unpaired) electrons. The van der Waals surface area contributed by atoms with E-state index in [4.69, 9.17) is 20.8 Å². The van der Waals surface area contributed by atoms with Gasteiger partial charge in [0.1, 0.15) is 11.5 Å². The molecular weight excluding hydrogens is 372 g/mol. The van der Waals surface area contributed by atoms with Crippen LogP contribution in [0.4, 0.5) is 4.79 Å². The predicted molar refractivity (Wildman–Crippen MR) is 105 cm³/mol. The Labute approximate surface area is 169 Å². The summed E-state index contributed by atoms with van der Waals surface area (Å²) in [5, 5.41) is 0. The van der Waals surface area contributed by atoms with Crippen LogP contribution in [0, 0.1) is 18.4 Å². The number of carbonyl (C=O) groups is 2. The Morgan fingerprint density at radius 2 is 1.86 bits per heavy atom. The van der Waals surface area contributed by atoms with E-state index in [-0.39, 0.29) is 25.2 Å². The Hall–Kier alpha value is -3.53. The molecule has 3 rings (SSSR count). The lowest BCUT2D eigenvalue weighted by Gasteiger charge is -2.16. The second-order valence-corrected chi connectivity index (χ2v) is 6.76. The highest BCUT2D eigenvalue weighted by atomic mass is 16.6. The lowest BCUT2D eigenvalue weighted by molar-refractivity contribution is -0.146. The second kappa shape index (κ2) is 9.60. The standard InChI is InChI=1S/C22H22N2O5/c1-23-15-28-19-10-6-7-16(12-19)11-17-13-24(14-20(17)21(25)27-2)22(26)29-18-8-4-3-5-9-18/h3-10,12,17,20H,11,13-15H2,2H3/t17?,20-/m0/s1. The van der Waals surface area contributed by atoms with Gasteiger partial charge in [-0.2, -0.15) is 0 Å². The number of ether oxygens (including phenoxy) is 3. The molecule has 2 atom stereocenters. The number of para-hydroxylation sites is 1. The molecule has 1 aliphatic rings. The van der Waals surface area contributed by atoms with Crippen molar-refractivity contribution in [3.05, 3.63) is 71.6 Å². The molecule has 1 fully saturated rings. The molecular formula is C22H22N2O5. The molecule has 0 spiro atoms. The van der Waals surface area contributed by atoms with Crippen molar-refractivity contribution in [2.24, 2.45) is 11.8 Å². The third kappa shape index (κ3) is 5.26. The van der Waals surface area contributed by atoms with Gasteiger partial charge >= 0.3 is 18.8 Å². The second-order valence-electron chi connectivity index (χ2n) is 6.76. The first-order valence-electron chi connectivity index (χ1n) is 9.25. The van der Waals surface area contributed by atoms with Gasteiger partial charge in [0, 0.05) is 13.1 Å². The topological polar surface area (TPSA) is 69.4 Å². The van der Waals surface area contributed by atoms with Crippen molar-refractivity contribution in [3.8, 4) is 11.5 Å². The van der Waals surface area contributed by atoms with Crippen LogP contribution in [0.3, 0.4) is 0 Å². The highest BCUT2D eigenvalue weighted by molar-refractivity contribution is 5.77. The first kappa shape index (κ1) is 20.2. The average molecular weight is 394 g/mol. The van der Waals surface area contributed by atoms with E-state index in [9.17, 15) is 9.59 Å². The van der Waals surface area contributed by atoms with E-state index in [1.165, 1.54) is 7.11 Å². The molecule has 0 bridgehead atoms. The summed E-state index contributed by atoms with van der Waals surface area (Å²) in [6, 6.07) is 16.2. The van der Waals surface area contributed by atoms with E-state index in [0.717, 1.165) is 5.56 Å². The number of carbonyl (C=O) groups excluding carboxylic acids is 2. The smallest absolute Gasteiger partial charge is 0.415 e. The lowest BCUT2D eigenvalue weighted by Crippen LogP contribution is -2.32. The highest BCUT2D eigenvalue weighted by Crippen LogP contribution is 2.29. The van der Waals surface area contributed by atoms with E-state index in [1.54, 1.807) is 35.2 Å². The fraction of sp³-hybridized carbons (Fsp3) is 0.318. The number of likely N-dealkylation sites (tertiary alicyclic amines) is 1. The minimum Gasteiger partial charge on any atom is -0.469 e. The number of nitrogens with zero attached hydrogens (tertiary/aromatic N) is 2. The van der Waals surface area contributed by atoms with Crippen molar-refractivity contribution in [2.75, 3.05) is 26.9 Å². The van der Waals surface area contributed by atoms with Crippen molar-refractivity contribution < 1.29 is 23.8 Å². The van der Waals surface area contributed by atoms with Gasteiger partial charge in [0.2, 0.25) is 0 Å². The number of hydrogen-bond donors (Lipinski definition) is 0. The Kier molecular flexibility index (Phi) is 6.69. The van der Waals surface area contributed by atoms with E-state index < -0.39 is 12.0 Å². The zero-order valence-electron chi connectivity index (χ0n) is 16.1. The number of esters is 1. The predicted octanol–water partition coefficient (Wildman–Crippen LogP) is 3.40. The van der Waals surface area contributed by atoms with Crippen LogP contribution < -0.4 is 9.47 Å². The number of rotatable bonds is 6. The summed E-state index contributed by atoms with van der Waals surface area (Å²) < 4.78 is 15.7. The Morgan fingerprint density at radius 1 is 1.10 bits per heavy atom. The van der Waals surface area contributed by atoms with Crippen molar-refractivity contribution in [3.63, 3.8) is 0 Å². The summed E-state index contributed by atoms with van der Waals surface area (Å²) in [7, 11) is 1.35.